The van der Waals surface area contributed by atoms with Gasteiger partial charge in [-0.05, 0) is 42.6 Å². The van der Waals surface area contributed by atoms with Gasteiger partial charge in [-0.1, -0.05) is 0 Å². The van der Waals surface area contributed by atoms with Crippen molar-refractivity contribution in [1.29, 1.82) is 0 Å². The van der Waals surface area contributed by atoms with Gasteiger partial charge >= 0.3 is 0 Å². The summed E-state index contributed by atoms with van der Waals surface area (Å²) in [6, 6.07) is 8.55. The van der Waals surface area contributed by atoms with Crippen LogP contribution >= 0.6 is 23.7 Å². The summed E-state index contributed by atoms with van der Waals surface area (Å²) in [5, 5.41) is 14.9. The smallest absolute Gasteiger partial charge is 0.248 e. The molecule has 25 heavy (non-hydrogen) atoms. The maximum atomic E-state index is 11.0. The first-order valence-electron chi connectivity index (χ1n) is 7.64. The standard InChI is InChI=1S/C17H22N2O4S.ClH/c1-12-16(6-9-24-12)23-11-14(20)10-19-7-8-22-15-4-2-13(3-5-15)17(18)21;/h2-6,9,14,19-20H,7-8,10-11H2,1H3,(H2,18,21);1H. The molecule has 0 aliphatic carbocycles. The van der Waals surface area contributed by atoms with Crippen molar-refractivity contribution in [2.75, 3.05) is 26.3 Å². The van der Waals surface area contributed by atoms with Crippen LogP contribution in [0.3, 0.4) is 0 Å². The number of rotatable bonds is 10. The van der Waals surface area contributed by atoms with E-state index >= 15 is 0 Å². The number of carbonyl (C=O) groups excluding carboxylic acids is 1. The molecule has 2 aromatic rings. The number of thiophene rings is 1. The molecule has 1 amide bonds. The van der Waals surface area contributed by atoms with Crippen molar-refractivity contribution in [1.82, 2.24) is 5.32 Å². The molecule has 4 N–H and O–H groups in total. The van der Waals surface area contributed by atoms with Gasteiger partial charge in [0.2, 0.25) is 5.91 Å². The van der Waals surface area contributed by atoms with Crippen molar-refractivity contribution in [2.45, 2.75) is 13.0 Å². The summed E-state index contributed by atoms with van der Waals surface area (Å²) in [4.78, 5) is 12.1. The van der Waals surface area contributed by atoms with Crippen molar-refractivity contribution in [3.05, 3.63) is 46.2 Å². The number of carbonyl (C=O) groups is 1. The lowest BCUT2D eigenvalue weighted by molar-refractivity contribution is 0.1000. The minimum Gasteiger partial charge on any atom is -0.492 e. The van der Waals surface area contributed by atoms with Gasteiger partial charge in [-0.3, -0.25) is 4.79 Å². The van der Waals surface area contributed by atoms with Crippen molar-refractivity contribution in [3.8, 4) is 11.5 Å². The predicted molar refractivity (Wildman–Crippen MR) is 101 cm³/mol. The van der Waals surface area contributed by atoms with E-state index < -0.39 is 12.0 Å². The van der Waals surface area contributed by atoms with Crippen LogP contribution in [0, 0.1) is 6.92 Å². The lowest BCUT2D eigenvalue weighted by atomic mass is 10.2. The van der Waals surface area contributed by atoms with E-state index in [1.807, 2.05) is 18.4 Å². The topological polar surface area (TPSA) is 93.8 Å². The van der Waals surface area contributed by atoms with Gasteiger partial charge in [-0.2, -0.15) is 0 Å². The molecule has 0 spiro atoms. The van der Waals surface area contributed by atoms with Crippen LogP contribution in [0.2, 0.25) is 0 Å². The molecule has 1 aromatic carbocycles. The van der Waals surface area contributed by atoms with Crippen LogP contribution < -0.4 is 20.5 Å². The van der Waals surface area contributed by atoms with Gasteiger partial charge in [0.25, 0.3) is 0 Å². The van der Waals surface area contributed by atoms with E-state index in [9.17, 15) is 9.90 Å². The zero-order valence-corrected chi connectivity index (χ0v) is 15.6. The third-order valence-electron chi connectivity index (χ3n) is 3.31. The molecule has 138 valence electrons. The maximum absolute atomic E-state index is 11.0. The largest absolute Gasteiger partial charge is 0.492 e. The van der Waals surface area contributed by atoms with Gasteiger partial charge in [0, 0.05) is 23.5 Å². The highest BCUT2D eigenvalue weighted by Gasteiger charge is 2.07. The van der Waals surface area contributed by atoms with Crippen LogP contribution in [0.5, 0.6) is 11.5 Å². The first kappa shape index (κ1) is 21.2. The van der Waals surface area contributed by atoms with Gasteiger partial charge in [0.15, 0.2) is 0 Å². The molecule has 2 rings (SSSR count). The molecule has 0 aliphatic rings. The highest BCUT2D eigenvalue weighted by Crippen LogP contribution is 2.23. The Hall–Kier alpha value is -1.80. The van der Waals surface area contributed by atoms with Crippen molar-refractivity contribution < 1.29 is 19.4 Å². The molecule has 1 aromatic heterocycles. The number of aliphatic hydroxyl groups is 1. The van der Waals surface area contributed by atoms with Gasteiger partial charge in [-0.15, -0.1) is 23.7 Å². The Labute approximate surface area is 157 Å². The zero-order valence-electron chi connectivity index (χ0n) is 13.9. The SMILES string of the molecule is Cc1sccc1OCC(O)CNCCOc1ccc(C(N)=O)cc1.Cl. The normalized spacial score (nSPS) is 11.4. The van der Waals surface area contributed by atoms with Gasteiger partial charge in [0.1, 0.15) is 30.8 Å². The van der Waals surface area contributed by atoms with Gasteiger partial charge in [0.05, 0.1) is 0 Å². The van der Waals surface area contributed by atoms with E-state index in [0.29, 0.717) is 31.0 Å². The second-order valence-electron chi connectivity index (χ2n) is 5.25. The number of ether oxygens (including phenoxy) is 2. The first-order valence-corrected chi connectivity index (χ1v) is 8.52. The summed E-state index contributed by atoms with van der Waals surface area (Å²) in [6.45, 7) is 3.70. The molecule has 0 saturated carbocycles. The molecule has 0 aliphatic heterocycles. The Morgan fingerprint density at radius 1 is 1.28 bits per heavy atom. The third-order valence-corrected chi connectivity index (χ3v) is 4.14. The molecule has 1 atom stereocenters. The number of aryl methyl sites for hydroxylation is 1. The lowest BCUT2D eigenvalue weighted by Crippen LogP contribution is -2.33. The second kappa shape index (κ2) is 10.9. The van der Waals surface area contributed by atoms with Crippen LogP contribution in [0.15, 0.2) is 35.7 Å². The summed E-state index contributed by atoms with van der Waals surface area (Å²) in [5.41, 5.74) is 5.62. The number of benzene rings is 1. The zero-order chi connectivity index (χ0) is 17.4. The number of nitrogens with one attached hydrogen (secondary N) is 1. The van der Waals surface area contributed by atoms with E-state index in [1.54, 1.807) is 35.6 Å². The second-order valence-corrected chi connectivity index (χ2v) is 6.37. The summed E-state index contributed by atoms with van der Waals surface area (Å²) < 4.78 is 11.1. The fraction of sp³-hybridized carbons (Fsp3) is 0.353. The summed E-state index contributed by atoms with van der Waals surface area (Å²) >= 11 is 1.62. The van der Waals surface area contributed by atoms with Crippen LogP contribution in [0.4, 0.5) is 0 Å². The number of nitrogens with two attached hydrogens (primary N) is 1. The molecule has 0 fully saturated rings. The van der Waals surface area contributed by atoms with E-state index in [-0.39, 0.29) is 19.0 Å². The van der Waals surface area contributed by atoms with Crippen molar-refractivity contribution in [3.63, 3.8) is 0 Å². The molecule has 0 bridgehead atoms. The minimum atomic E-state index is -0.584. The molecule has 1 heterocycles. The fourth-order valence-electron chi connectivity index (χ4n) is 1.99. The number of hydrogen-bond acceptors (Lipinski definition) is 6. The minimum absolute atomic E-state index is 0. The van der Waals surface area contributed by atoms with E-state index in [2.05, 4.69) is 5.32 Å². The average molecular weight is 387 g/mol. The molecular weight excluding hydrogens is 364 g/mol. The molecule has 0 saturated heterocycles. The Morgan fingerprint density at radius 3 is 2.60 bits per heavy atom. The number of halogens is 1. The fourth-order valence-corrected chi connectivity index (χ4v) is 2.63. The Balaban J connectivity index is 0.00000312. The number of aliphatic hydroxyl groups excluding tert-OH is 1. The van der Waals surface area contributed by atoms with E-state index in [0.717, 1.165) is 10.6 Å². The maximum Gasteiger partial charge on any atom is 0.248 e. The molecule has 8 heteroatoms. The Kier molecular flexibility index (Phi) is 9.30. The van der Waals surface area contributed by atoms with E-state index in [4.69, 9.17) is 15.2 Å². The van der Waals surface area contributed by atoms with Gasteiger partial charge < -0.3 is 25.6 Å². The summed E-state index contributed by atoms with van der Waals surface area (Å²) in [6.07, 6.45) is -0.584. The third kappa shape index (κ3) is 7.31. The van der Waals surface area contributed by atoms with Crippen molar-refractivity contribution >= 4 is 29.7 Å². The van der Waals surface area contributed by atoms with Crippen LogP contribution in [0.25, 0.3) is 0 Å². The monoisotopic (exact) mass is 386 g/mol. The highest BCUT2D eigenvalue weighted by molar-refractivity contribution is 7.10. The van der Waals surface area contributed by atoms with Crippen LogP contribution in [0.1, 0.15) is 15.2 Å². The quantitative estimate of drug-likeness (QED) is 0.543. The lowest BCUT2D eigenvalue weighted by Gasteiger charge is -2.13. The summed E-state index contributed by atoms with van der Waals surface area (Å²) in [5.74, 6) is 1.03. The Morgan fingerprint density at radius 2 is 2.00 bits per heavy atom. The van der Waals surface area contributed by atoms with Crippen LogP contribution in [-0.4, -0.2) is 43.4 Å². The van der Waals surface area contributed by atoms with E-state index in [1.165, 1.54) is 0 Å². The average Bonchev–Trinajstić information content (AvgIpc) is 2.98. The van der Waals surface area contributed by atoms with Gasteiger partial charge in [-0.25, -0.2) is 0 Å². The molecule has 1 unspecified atom stereocenters. The number of hydrogen-bond donors (Lipinski definition) is 3. The highest BCUT2D eigenvalue weighted by atomic mass is 35.5. The molecular formula is C17H23ClN2O4S. The molecule has 0 radical (unpaired) electrons. The Bertz CT molecular complexity index is 648. The summed E-state index contributed by atoms with van der Waals surface area (Å²) in [7, 11) is 0. The number of primary amides is 1. The number of amides is 1. The predicted octanol–water partition coefficient (Wildman–Crippen LogP) is 1.99. The molecule has 6 nitrogen and oxygen atoms in total. The van der Waals surface area contributed by atoms with Crippen LogP contribution in [-0.2, 0) is 0 Å². The van der Waals surface area contributed by atoms with Crippen molar-refractivity contribution in [2.24, 2.45) is 5.73 Å². The first-order chi connectivity index (χ1) is 11.6.